The van der Waals surface area contributed by atoms with E-state index >= 15 is 0 Å². The molecule has 1 aromatic heterocycles. The Morgan fingerprint density at radius 3 is 2.21 bits per heavy atom. The number of amides is 1. The highest BCUT2D eigenvalue weighted by molar-refractivity contribution is 5.92. The Morgan fingerprint density at radius 1 is 1.00 bits per heavy atom. The minimum Gasteiger partial charge on any atom is -0.361 e. The third-order valence-electron chi connectivity index (χ3n) is 3.86. The third kappa shape index (κ3) is 4.10. The van der Waals surface area contributed by atoms with E-state index in [1.165, 1.54) is 5.56 Å². The van der Waals surface area contributed by atoms with Gasteiger partial charge >= 0.3 is 0 Å². The summed E-state index contributed by atoms with van der Waals surface area (Å²) in [6, 6.07) is 21.8. The van der Waals surface area contributed by atoms with Gasteiger partial charge in [-0.05, 0) is 24.5 Å². The fourth-order valence-corrected chi connectivity index (χ4v) is 2.59. The Balaban J connectivity index is 1.76. The first-order valence-corrected chi connectivity index (χ1v) is 8.03. The summed E-state index contributed by atoms with van der Waals surface area (Å²) in [5, 5.41) is 3.87. The van der Waals surface area contributed by atoms with Crippen molar-refractivity contribution >= 4 is 5.91 Å². The molecule has 0 aliphatic rings. The molecule has 2 aromatic carbocycles. The Hall–Kier alpha value is -2.88. The lowest BCUT2D eigenvalue weighted by atomic mass is 10.1. The lowest BCUT2D eigenvalue weighted by Crippen LogP contribution is -2.32. The van der Waals surface area contributed by atoms with E-state index in [1.807, 2.05) is 53.4 Å². The van der Waals surface area contributed by atoms with Crippen molar-refractivity contribution in [3.63, 3.8) is 0 Å². The van der Waals surface area contributed by atoms with Gasteiger partial charge in [0.15, 0.2) is 5.69 Å². The average Bonchev–Trinajstić information content (AvgIpc) is 3.06. The molecular formula is C20H20N2O2. The fourth-order valence-electron chi connectivity index (χ4n) is 2.59. The van der Waals surface area contributed by atoms with Crippen molar-refractivity contribution in [3.05, 3.63) is 89.3 Å². The Kier molecular flexibility index (Phi) is 5.06. The molecule has 0 aliphatic heterocycles. The summed E-state index contributed by atoms with van der Waals surface area (Å²) >= 11 is 0. The summed E-state index contributed by atoms with van der Waals surface area (Å²) in [6.45, 7) is 2.97. The molecule has 0 saturated heterocycles. The van der Waals surface area contributed by atoms with Crippen LogP contribution in [0.15, 0.2) is 71.3 Å². The first-order chi connectivity index (χ1) is 11.7. The molecule has 24 heavy (non-hydrogen) atoms. The van der Waals surface area contributed by atoms with Gasteiger partial charge in [-0.1, -0.05) is 65.8 Å². The molecule has 3 rings (SSSR count). The number of benzene rings is 2. The van der Waals surface area contributed by atoms with E-state index in [4.69, 9.17) is 4.52 Å². The molecule has 0 unspecified atom stereocenters. The van der Waals surface area contributed by atoms with E-state index < -0.39 is 0 Å². The zero-order valence-corrected chi connectivity index (χ0v) is 13.7. The second kappa shape index (κ2) is 7.59. The van der Waals surface area contributed by atoms with Crippen LogP contribution in [0.25, 0.3) is 0 Å². The van der Waals surface area contributed by atoms with Crippen molar-refractivity contribution in [1.29, 1.82) is 0 Å². The van der Waals surface area contributed by atoms with Gasteiger partial charge in [0.2, 0.25) is 0 Å². The molecule has 0 fully saturated rings. The molecule has 1 heterocycles. The SMILES string of the molecule is Cc1cc(C(=O)N(CCc2ccccc2)Cc2ccccc2)no1. The van der Waals surface area contributed by atoms with Crippen molar-refractivity contribution in [2.45, 2.75) is 19.9 Å². The molecule has 0 spiro atoms. The lowest BCUT2D eigenvalue weighted by molar-refractivity contribution is 0.0734. The molecule has 0 N–H and O–H groups in total. The van der Waals surface area contributed by atoms with E-state index in [1.54, 1.807) is 13.0 Å². The van der Waals surface area contributed by atoms with Gasteiger partial charge in [0.1, 0.15) is 5.76 Å². The largest absolute Gasteiger partial charge is 0.361 e. The summed E-state index contributed by atoms with van der Waals surface area (Å²) in [5.74, 6) is 0.535. The molecule has 0 atom stereocenters. The molecule has 0 saturated carbocycles. The zero-order valence-electron chi connectivity index (χ0n) is 13.7. The van der Waals surface area contributed by atoms with Gasteiger partial charge < -0.3 is 9.42 Å². The van der Waals surface area contributed by atoms with Gasteiger partial charge in [0, 0.05) is 19.2 Å². The third-order valence-corrected chi connectivity index (χ3v) is 3.86. The van der Waals surface area contributed by atoms with Crippen LogP contribution in [0.2, 0.25) is 0 Å². The first-order valence-electron chi connectivity index (χ1n) is 8.03. The highest BCUT2D eigenvalue weighted by Gasteiger charge is 2.19. The van der Waals surface area contributed by atoms with Crippen LogP contribution >= 0.6 is 0 Å². The molecule has 122 valence electrons. The smallest absolute Gasteiger partial charge is 0.276 e. The highest BCUT2D eigenvalue weighted by Crippen LogP contribution is 2.12. The Morgan fingerprint density at radius 2 is 1.62 bits per heavy atom. The minimum absolute atomic E-state index is 0.105. The van der Waals surface area contributed by atoms with Crippen LogP contribution in [0.1, 0.15) is 27.4 Å². The van der Waals surface area contributed by atoms with E-state index in [-0.39, 0.29) is 5.91 Å². The molecule has 3 aromatic rings. The second-order valence-electron chi connectivity index (χ2n) is 5.77. The quantitative estimate of drug-likeness (QED) is 0.692. The number of hydrogen-bond donors (Lipinski definition) is 0. The molecule has 1 amide bonds. The summed E-state index contributed by atoms with van der Waals surface area (Å²) in [7, 11) is 0. The van der Waals surface area contributed by atoms with E-state index in [0.717, 1.165) is 12.0 Å². The number of aryl methyl sites for hydroxylation is 1. The Labute approximate surface area is 141 Å². The van der Waals surface area contributed by atoms with Crippen LogP contribution in [0, 0.1) is 6.92 Å². The number of carbonyl (C=O) groups is 1. The number of nitrogens with zero attached hydrogens (tertiary/aromatic N) is 2. The van der Waals surface area contributed by atoms with Crippen LogP contribution in [0.4, 0.5) is 0 Å². The minimum atomic E-state index is -0.105. The second-order valence-corrected chi connectivity index (χ2v) is 5.77. The maximum Gasteiger partial charge on any atom is 0.276 e. The van der Waals surface area contributed by atoms with E-state index in [2.05, 4.69) is 17.3 Å². The first kappa shape index (κ1) is 16.0. The van der Waals surface area contributed by atoms with E-state index in [0.29, 0.717) is 24.5 Å². The topological polar surface area (TPSA) is 46.3 Å². The van der Waals surface area contributed by atoms with Crippen LogP contribution < -0.4 is 0 Å². The van der Waals surface area contributed by atoms with Gasteiger partial charge in [0.25, 0.3) is 5.91 Å². The number of carbonyl (C=O) groups excluding carboxylic acids is 1. The van der Waals surface area contributed by atoms with E-state index in [9.17, 15) is 4.79 Å². The molecular weight excluding hydrogens is 300 g/mol. The number of rotatable bonds is 6. The van der Waals surface area contributed by atoms with Crippen molar-refractivity contribution in [3.8, 4) is 0 Å². The normalized spacial score (nSPS) is 10.5. The van der Waals surface area contributed by atoms with Gasteiger partial charge in [-0.25, -0.2) is 0 Å². The molecule has 4 nitrogen and oxygen atoms in total. The molecule has 0 radical (unpaired) electrons. The van der Waals surface area contributed by atoms with Crippen LogP contribution in [0.3, 0.4) is 0 Å². The standard InChI is InChI=1S/C20H20N2O2/c1-16-14-19(21-24-16)20(23)22(15-18-10-6-3-7-11-18)13-12-17-8-4-2-5-9-17/h2-11,14H,12-13,15H2,1H3. The lowest BCUT2D eigenvalue weighted by Gasteiger charge is -2.22. The summed E-state index contributed by atoms with van der Waals surface area (Å²) < 4.78 is 5.05. The van der Waals surface area contributed by atoms with Gasteiger partial charge in [0.05, 0.1) is 0 Å². The summed E-state index contributed by atoms with van der Waals surface area (Å²) in [4.78, 5) is 14.6. The van der Waals surface area contributed by atoms with Gasteiger partial charge in [-0.15, -0.1) is 0 Å². The maximum absolute atomic E-state index is 12.8. The van der Waals surface area contributed by atoms with Crippen molar-refractivity contribution < 1.29 is 9.32 Å². The fraction of sp³-hybridized carbons (Fsp3) is 0.200. The summed E-state index contributed by atoms with van der Waals surface area (Å²) in [5.41, 5.74) is 2.66. The van der Waals surface area contributed by atoms with Crippen molar-refractivity contribution in [2.75, 3.05) is 6.54 Å². The number of aromatic nitrogens is 1. The van der Waals surface area contributed by atoms with Crippen LogP contribution in [-0.4, -0.2) is 22.5 Å². The Bertz CT molecular complexity index is 782. The highest BCUT2D eigenvalue weighted by atomic mass is 16.5. The maximum atomic E-state index is 12.8. The van der Waals surface area contributed by atoms with Gasteiger partial charge in [-0.2, -0.15) is 0 Å². The monoisotopic (exact) mass is 320 g/mol. The van der Waals surface area contributed by atoms with Crippen LogP contribution in [0.5, 0.6) is 0 Å². The zero-order chi connectivity index (χ0) is 16.8. The molecule has 0 aliphatic carbocycles. The molecule has 0 bridgehead atoms. The van der Waals surface area contributed by atoms with Crippen molar-refractivity contribution in [1.82, 2.24) is 10.1 Å². The predicted molar refractivity (Wildman–Crippen MR) is 92.6 cm³/mol. The summed E-state index contributed by atoms with van der Waals surface area (Å²) in [6.07, 6.45) is 0.802. The molecule has 4 heteroatoms. The number of hydrogen-bond acceptors (Lipinski definition) is 3. The van der Waals surface area contributed by atoms with Crippen molar-refractivity contribution in [2.24, 2.45) is 0 Å². The predicted octanol–water partition coefficient (Wildman–Crippen LogP) is 3.87. The average molecular weight is 320 g/mol. The van der Waals surface area contributed by atoms with Crippen LogP contribution in [-0.2, 0) is 13.0 Å². The van der Waals surface area contributed by atoms with Gasteiger partial charge in [-0.3, -0.25) is 4.79 Å².